The second-order valence-electron chi connectivity index (χ2n) is 7.40. The van der Waals surface area contributed by atoms with E-state index in [1.165, 1.54) is 11.3 Å². The zero-order valence-corrected chi connectivity index (χ0v) is 17.7. The maximum absolute atomic E-state index is 13.9. The number of thiophene rings is 1. The fraction of sp³-hybridized carbons (Fsp3) is 0.0400. The smallest absolute Gasteiger partial charge is 0.279 e. The number of nitrogens with zero attached hydrogens (tertiary/aromatic N) is 4. The molecular formula is C25H17N5OS. The van der Waals surface area contributed by atoms with Crippen molar-refractivity contribution < 1.29 is 0 Å². The van der Waals surface area contributed by atoms with Gasteiger partial charge in [0, 0.05) is 6.20 Å². The Bertz CT molecular complexity index is 1570. The normalized spacial score (nSPS) is 12.4. The van der Waals surface area contributed by atoms with E-state index in [2.05, 4.69) is 9.97 Å². The second kappa shape index (κ2) is 7.55. The Morgan fingerprint density at radius 3 is 2.44 bits per heavy atom. The van der Waals surface area contributed by atoms with Crippen molar-refractivity contribution in [3.8, 4) is 10.6 Å². The number of imidazole rings is 1. The van der Waals surface area contributed by atoms with E-state index >= 15 is 0 Å². The Balaban J connectivity index is 1.71. The molecule has 0 aliphatic carbocycles. The molecule has 6 rings (SSSR count). The molecule has 6 aromatic rings. The Hall–Kier alpha value is -4.10. The van der Waals surface area contributed by atoms with Crippen molar-refractivity contribution in [2.75, 3.05) is 0 Å². The summed E-state index contributed by atoms with van der Waals surface area (Å²) in [7, 11) is 0. The average Bonchev–Trinajstić information content (AvgIpc) is 3.51. The molecule has 32 heavy (non-hydrogen) atoms. The number of para-hydroxylation sites is 4. The van der Waals surface area contributed by atoms with Crippen LogP contribution < -0.4 is 5.56 Å². The minimum atomic E-state index is -0.539. The molecule has 0 aliphatic heterocycles. The van der Waals surface area contributed by atoms with Crippen molar-refractivity contribution in [3.63, 3.8) is 0 Å². The average molecular weight is 436 g/mol. The molecule has 2 aromatic carbocycles. The molecule has 1 N–H and O–H groups in total. The number of pyridine rings is 1. The van der Waals surface area contributed by atoms with Crippen LogP contribution in [0.5, 0.6) is 0 Å². The zero-order chi connectivity index (χ0) is 21.5. The Labute approximate surface area is 186 Å². The second-order valence-corrected chi connectivity index (χ2v) is 8.35. The van der Waals surface area contributed by atoms with E-state index < -0.39 is 6.04 Å². The summed E-state index contributed by atoms with van der Waals surface area (Å²) in [4.78, 5) is 32.3. The lowest BCUT2D eigenvalue weighted by atomic mass is 10.1. The van der Waals surface area contributed by atoms with Gasteiger partial charge in [-0.15, -0.1) is 11.3 Å². The van der Waals surface area contributed by atoms with E-state index in [4.69, 9.17) is 9.97 Å². The number of hydrogen-bond acceptors (Lipinski definition) is 5. The lowest BCUT2D eigenvalue weighted by molar-refractivity contribution is 0.626. The van der Waals surface area contributed by atoms with Gasteiger partial charge in [0.25, 0.3) is 5.56 Å². The summed E-state index contributed by atoms with van der Waals surface area (Å²) in [6, 6.07) is 24.6. The van der Waals surface area contributed by atoms with E-state index in [1.54, 1.807) is 10.8 Å². The summed E-state index contributed by atoms with van der Waals surface area (Å²) in [5.41, 5.74) is 4.20. The monoisotopic (exact) mass is 435 g/mol. The number of nitrogens with one attached hydrogen (secondary N) is 1. The first-order valence-electron chi connectivity index (χ1n) is 10.2. The van der Waals surface area contributed by atoms with Crippen molar-refractivity contribution in [2.45, 2.75) is 6.04 Å². The van der Waals surface area contributed by atoms with Crippen molar-refractivity contribution in [1.29, 1.82) is 0 Å². The Morgan fingerprint density at radius 1 is 0.844 bits per heavy atom. The molecule has 154 valence electrons. The van der Waals surface area contributed by atoms with Crippen LogP contribution in [-0.4, -0.2) is 24.5 Å². The first kappa shape index (κ1) is 18.7. The predicted molar refractivity (Wildman–Crippen MR) is 127 cm³/mol. The summed E-state index contributed by atoms with van der Waals surface area (Å²) in [6.07, 6.45) is 1.74. The van der Waals surface area contributed by atoms with Crippen LogP contribution in [-0.2, 0) is 0 Å². The predicted octanol–water partition coefficient (Wildman–Crippen LogP) is 5.03. The Morgan fingerprint density at radius 2 is 1.66 bits per heavy atom. The van der Waals surface area contributed by atoms with E-state index in [9.17, 15) is 4.79 Å². The largest absolute Gasteiger partial charge is 0.340 e. The standard InChI is InChI=1S/C25H17N5OS/c31-25-22(21-13-7-15-32-21)27-18-10-3-4-12-20(18)30(25)23(19-11-5-6-14-26-19)24-28-16-8-1-2-9-17(16)29-24/h1-15,23H,(H,28,29). The fourth-order valence-electron chi connectivity index (χ4n) is 4.02. The molecule has 1 atom stereocenters. The van der Waals surface area contributed by atoms with E-state index in [0.717, 1.165) is 32.6 Å². The number of fused-ring (bicyclic) bond motifs is 2. The molecule has 0 saturated heterocycles. The summed E-state index contributed by atoms with van der Waals surface area (Å²) < 4.78 is 1.76. The SMILES string of the molecule is O=c1c(-c2cccs2)nc2ccccc2n1C(c1ccccn1)c1nc2ccccc2[nH]1. The van der Waals surface area contributed by atoms with Gasteiger partial charge < -0.3 is 4.98 Å². The number of hydrogen-bond donors (Lipinski definition) is 1. The van der Waals surface area contributed by atoms with Crippen molar-refractivity contribution in [2.24, 2.45) is 0 Å². The van der Waals surface area contributed by atoms with Gasteiger partial charge in [0.15, 0.2) is 0 Å². The maximum atomic E-state index is 13.9. The highest BCUT2D eigenvalue weighted by molar-refractivity contribution is 7.13. The van der Waals surface area contributed by atoms with Gasteiger partial charge >= 0.3 is 0 Å². The number of rotatable bonds is 4. The fourth-order valence-corrected chi connectivity index (χ4v) is 4.72. The number of aromatic nitrogens is 5. The first-order valence-corrected chi connectivity index (χ1v) is 11.1. The highest BCUT2D eigenvalue weighted by Gasteiger charge is 2.26. The minimum Gasteiger partial charge on any atom is -0.340 e. The third kappa shape index (κ3) is 3.02. The van der Waals surface area contributed by atoms with Crippen LogP contribution in [0, 0.1) is 0 Å². The van der Waals surface area contributed by atoms with Crippen molar-refractivity contribution in [1.82, 2.24) is 24.5 Å². The summed E-state index contributed by atoms with van der Waals surface area (Å²) in [5, 5.41) is 1.95. The molecule has 0 spiro atoms. The van der Waals surface area contributed by atoms with Gasteiger partial charge in [-0.05, 0) is 47.8 Å². The van der Waals surface area contributed by atoms with E-state index in [1.807, 2.05) is 84.2 Å². The Kier molecular flexibility index (Phi) is 4.40. The topological polar surface area (TPSA) is 76.5 Å². The molecule has 0 amide bonds. The van der Waals surface area contributed by atoms with Crippen molar-refractivity contribution >= 4 is 33.4 Å². The van der Waals surface area contributed by atoms with Gasteiger partial charge in [0.2, 0.25) is 0 Å². The molecule has 0 radical (unpaired) electrons. The van der Waals surface area contributed by atoms with Crippen LogP contribution in [0.3, 0.4) is 0 Å². The lowest BCUT2D eigenvalue weighted by Crippen LogP contribution is -2.30. The van der Waals surface area contributed by atoms with Gasteiger partial charge in [-0.1, -0.05) is 36.4 Å². The van der Waals surface area contributed by atoms with Gasteiger partial charge in [0.1, 0.15) is 17.6 Å². The van der Waals surface area contributed by atoms with Gasteiger partial charge in [0.05, 0.1) is 32.6 Å². The van der Waals surface area contributed by atoms with E-state index in [0.29, 0.717) is 11.5 Å². The lowest BCUT2D eigenvalue weighted by Gasteiger charge is -2.20. The molecule has 4 aromatic heterocycles. The van der Waals surface area contributed by atoms with Crippen LogP contribution in [0.1, 0.15) is 17.6 Å². The van der Waals surface area contributed by atoms with Gasteiger partial charge in [-0.2, -0.15) is 0 Å². The molecule has 0 saturated carbocycles. The molecule has 0 bridgehead atoms. The number of H-pyrrole nitrogens is 1. The number of aromatic amines is 1. The third-order valence-corrected chi connectivity index (χ3v) is 6.32. The van der Waals surface area contributed by atoms with E-state index in [-0.39, 0.29) is 5.56 Å². The van der Waals surface area contributed by atoms with Crippen LogP contribution >= 0.6 is 11.3 Å². The minimum absolute atomic E-state index is 0.178. The van der Waals surface area contributed by atoms with Crippen LogP contribution in [0.25, 0.3) is 32.6 Å². The molecule has 0 fully saturated rings. The molecular weight excluding hydrogens is 418 g/mol. The first-order chi connectivity index (χ1) is 15.8. The van der Waals surface area contributed by atoms with Crippen LogP contribution in [0.4, 0.5) is 0 Å². The highest BCUT2D eigenvalue weighted by atomic mass is 32.1. The number of benzene rings is 2. The van der Waals surface area contributed by atoms with Crippen LogP contribution in [0.2, 0.25) is 0 Å². The third-order valence-electron chi connectivity index (χ3n) is 5.44. The quantitative estimate of drug-likeness (QED) is 0.421. The molecule has 6 nitrogen and oxygen atoms in total. The summed E-state index contributed by atoms with van der Waals surface area (Å²) >= 11 is 1.50. The zero-order valence-electron chi connectivity index (χ0n) is 16.8. The maximum Gasteiger partial charge on any atom is 0.279 e. The molecule has 4 heterocycles. The molecule has 1 unspecified atom stereocenters. The van der Waals surface area contributed by atoms with Crippen LogP contribution in [0.15, 0.2) is 95.2 Å². The molecule has 7 heteroatoms. The summed E-state index contributed by atoms with van der Waals surface area (Å²) in [5.74, 6) is 0.653. The highest BCUT2D eigenvalue weighted by Crippen LogP contribution is 2.29. The van der Waals surface area contributed by atoms with Gasteiger partial charge in [-0.25, -0.2) is 9.97 Å². The summed E-state index contributed by atoms with van der Waals surface area (Å²) in [6.45, 7) is 0. The van der Waals surface area contributed by atoms with Gasteiger partial charge in [-0.3, -0.25) is 14.3 Å². The molecule has 0 aliphatic rings. The van der Waals surface area contributed by atoms with Crippen molar-refractivity contribution in [3.05, 3.63) is 112 Å².